The van der Waals surface area contributed by atoms with Gasteiger partial charge in [-0.3, -0.25) is 4.90 Å². The topological polar surface area (TPSA) is 15.3 Å². The van der Waals surface area contributed by atoms with E-state index in [0.29, 0.717) is 12.1 Å². The Balaban J connectivity index is 2.07. The maximum absolute atomic E-state index is 3.53. The summed E-state index contributed by atoms with van der Waals surface area (Å²) in [5.41, 5.74) is 1.44. The van der Waals surface area contributed by atoms with Crippen LogP contribution in [-0.4, -0.2) is 36.8 Å². The highest BCUT2D eigenvalue weighted by Crippen LogP contribution is 2.26. The van der Waals surface area contributed by atoms with E-state index in [0.717, 1.165) is 13.1 Å². The summed E-state index contributed by atoms with van der Waals surface area (Å²) < 4.78 is 0. The molecular weight excluding hydrogens is 252 g/mol. The first-order chi connectivity index (χ1) is 9.26. The summed E-state index contributed by atoms with van der Waals surface area (Å²) in [5.74, 6) is 0. The third-order valence-corrected chi connectivity index (χ3v) is 4.94. The van der Waals surface area contributed by atoms with Gasteiger partial charge in [-0.15, -0.1) is 11.8 Å². The van der Waals surface area contributed by atoms with Crippen LogP contribution in [0.3, 0.4) is 0 Å². The summed E-state index contributed by atoms with van der Waals surface area (Å²) in [7, 11) is 0. The number of likely N-dealkylation sites (N-methyl/N-ethyl adjacent to an activating group) is 1. The van der Waals surface area contributed by atoms with Crippen LogP contribution in [0.25, 0.3) is 0 Å². The van der Waals surface area contributed by atoms with Gasteiger partial charge in [0.05, 0.1) is 0 Å². The van der Waals surface area contributed by atoms with Crippen LogP contribution < -0.4 is 5.32 Å². The monoisotopic (exact) mass is 278 g/mol. The van der Waals surface area contributed by atoms with E-state index in [9.17, 15) is 0 Å². The van der Waals surface area contributed by atoms with E-state index in [1.54, 1.807) is 0 Å². The summed E-state index contributed by atoms with van der Waals surface area (Å²) in [6.07, 6.45) is 4.76. The van der Waals surface area contributed by atoms with Crippen molar-refractivity contribution in [2.75, 3.05) is 25.9 Å². The van der Waals surface area contributed by atoms with E-state index in [-0.39, 0.29) is 0 Å². The van der Waals surface area contributed by atoms with Gasteiger partial charge in [-0.2, -0.15) is 0 Å². The minimum atomic E-state index is 0.505. The van der Waals surface area contributed by atoms with Crippen molar-refractivity contribution in [3.63, 3.8) is 0 Å². The predicted octanol–water partition coefficient (Wildman–Crippen LogP) is 3.54. The lowest BCUT2D eigenvalue weighted by molar-refractivity contribution is 0.128. The zero-order valence-corrected chi connectivity index (χ0v) is 13.2. The number of hydrogen-bond donors (Lipinski definition) is 1. The first-order valence-electron chi connectivity index (χ1n) is 7.36. The van der Waals surface area contributed by atoms with Crippen molar-refractivity contribution in [2.45, 2.75) is 43.7 Å². The molecule has 1 saturated heterocycles. The summed E-state index contributed by atoms with van der Waals surface area (Å²) in [6.45, 7) is 8.07. The minimum absolute atomic E-state index is 0.505. The third-order valence-electron chi connectivity index (χ3n) is 4.20. The fourth-order valence-electron chi connectivity index (χ4n) is 3.04. The molecule has 1 heterocycles. The van der Waals surface area contributed by atoms with Crippen molar-refractivity contribution in [1.29, 1.82) is 0 Å². The van der Waals surface area contributed by atoms with Crippen molar-refractivity contribution in [1.82, 2.24) is 10.2 Å². The van der Waals surface area contributed by atoms with Crippen LogP contribution in [0.1, 0.15) is 38.3 Å². The first-order valence-corrected chi connectivity index (χ1v) is 8.59. The van der Waals surface area contributed by atoms with Crippen molar-refractivity contribution in [3.05, 3.63) is 29.8 Å². The molecule has 106 valence electrons. The molecule has 1 N–H and O–H groups in total. The van der Waals surface area contributed by atoms with E-state index in [4.69, 9.17) is 0 Å². The van der Waals surface area contributed by atoms with Gasteiger partial charge in [0.15, 0.2) is 0 Å². The average molecular weight is 278 g/mol. The van der Waals surface area contributed by atoms with E-state index < -0.39 is 0 Å². The van der Waals surface area contributed by atoms with Gasteiger partial charge >= 0.3 is 0 Å². The molecule has 1 aromatic carbocycles. The van der Waals surface area contributed by atoms with Crippen molar-refractivity contribution in [2.24, 2.45) is 0 Å². The largest absolute Gasteiger partial charge is 0.315 e. The predicted molar refractivity (Wildman–Crippen MR) is 84.9 cm³/mol. The second-order valence-corrected chi connectivity index (χ2v) is 6.16. The molecule has 1 aromatic rings. The number of hydrogen-bond acceptors (Lipinski definition) is 3. The molecule has 0 spiro atoms. The quantitative estimate of drug-likeness (QED) is 0.829. The Labute approximate surface area is 122 Å². The van der Waals surface area contributed by atoms with Crippen LogP contribution in [0.2, 0.25) is 0 Å². The van der Waals surface area contributed by atoms with E-state index >= 15 is 0 Å². The van der Waals surface area contributed by atoms with Crippen LogP contribution >= 0.6 is 11.8 Å². The Morgan fingerprint density at radius 2 is 2.11 bits per heavy atom. The van der Waals surface area contributed by atoms with Crippen LogP contribution in [0, 0.1) is 0 Å². The number of piperidine rings is 1. The van der Waals surface area contributed by atoms with Crippen molar-refractivity contribution >= 4 is 11.8 Å². The van der Waals surface area contributed by atoms with Crippen LogP contribution in [0.5, 0.6) is 0 Å². The average Bonchev–Trinajstić information content (AvgIpc) is 2.49. The second-order valence-electron chi connectivity index (χ2n) is 5.28. The SMILES string of the molecule is CCN(C1CCCNC1)C(C)c1ccc(SC)cc1. The highest BCUT2D eigenvalue weighted by Gasteiger charge is 2.24. The molecule has 1 aliphatic rings. The van der Waals surface area contributed by atoms with Gasteiger partial charge in [-0.1, -0.05) is 19.1 Å². The Morgan fingerprint density at radius 1 is 1.37 bits per heavy atom. The molecule has 1 fully saturated rings. The first kappa shape index (κ1) is 14.9. The molecule has 0 radical (unpaired) electrons. The van der Waals surface area contributed by atoms with E-state index in [1.165, 1.54) is 29.8 Å². The standard InChI is InChI=1S/C16H26N2S/c1-4-18(15-6-5-11-17-12-15)13(2)14-7-9-16(19-3)10-8-14/h7-10,13,15,17H,4-6,11-12H2,1-3H3. The lowest BCUT2D eigenvalue weighted by Crippen LogP contribution is -2.46. The summed E-state index contributed by atoms with van der Waals surface area (Å²) in [4.78, 5) is 3.98. The Kier molecular flexibility index (Phi) is 5.74. The molecule has 2 nitrogen and oxygen atoms in total. The molecule has 0 saturated carbocycles. The minimum Gasteiger partial charge on any atom is -0.315 e. The number of nitrogens with one attached hydrogen (secondary N) is 1. The third kappa shape index (κ3) is 3.74. The van der Waals surface area contributed by atoms with Crippen LogP contribution in [0.4, 0.5) is 0 Å². The lowest BCUT2D eigenvalue weighted by atomic mass is 10.0. The number of thioether (sulfide) groups is 1. The summed E-state index contributed by atoms with van der Waals surface area (Å²) in [6, 6.07) is 10.2. The summed E-state index contributed by atoms with van der Waals surface area (Å²) >= 11 is 1.81. The van der Waals surface area contributed by atoms with Crippen molar-refractivity contribution < 1.29 is 0 Å². The molecule has 0 aliphatic carbocycles. The van der Waals surface area contributed by atoms with Gasteiger partial charge in [0.25, 0.3) is 0 Å². The molecule has 0 amide bonds. The molecule has 0 bridgehead atoms. The molecule has 2 rings (SSSR count). The lowest BCUT2D eigenvalue weighted by Gasteiger charge is -2.38. The zero-order chi connectivity index (χ0) is 13.7. The number of rotatable bonds is 5. The number of nitrogens with zero attached hydrogens (tertiary/aromatic N) is 1. The smallest absolute Gasteiger partial charge is 0.0323 e. The normalized spacial score (nSPS) is 21.6. The molecule has 3 heteroatoms. The van der Waals surface area contributed by atoms with Crippen molar-refractivity contribution in [3.8, 4) is 0 Å². The second kappa shape index (κ2) is 7.32. The molecule has 1 aliphatic heterocycles. The highest BCUT2D eigenvalue weighted by atomic mass is 32.2. The maximum atomic E-state index is 3.53. The fraction of sp³-hybridized carbons (Fsp3) is 0.625. The summed E-state index contributed by atoms with van der Waals surface area (Å²) in [5, 5.41) is 3.53. The van der Waals surface area contributed by atoms with Gasteiger partial charge < -0.3 is 5.32 Å². The molecule has 19 heavy (non-hydrogen) atoms. The van der Waals surface area contributed by atoms with Gasteiger partial charge in [0.1, 0.15) is 0 Å². The van der Waals surface area contributed by atoms with E-state index in [2.05, 4.69) is 54.6 Å². The Morgan fingerprint density at radius 3 is 2.63 bits per heavy atom. The fourth-order valence-corrected chi connectivity index (χ4v) is 3.45. The highest BCUT2D eigenvalue weighted by molar-refractivity contribution is 7.98. The molecule has 0 aromatic heterocycles. The van der Waals surface area contributed by atoms with E-state index in [1.807, 2.05) is 11.8 Å². The molecule has 2 unspecified atom stereocenters. The van der Waals surface area contributed by atoms with Crippen LogP contribution in [0.15, 0.2) is 29.2 Å². The van der Waals surface area contributed by atoms with Gasteiger partial charge in [-0.25, -0.2) is 0 Å². The zero-order valence-electron chi connectivity index (χ0n) is 12.4. The Bertz CT molecular complexity index is 371. The maximum Gasteiger partial charge on any atom is 0.0323 e. The van der Waals surface area contributed by atoms with Crippen LogP contribution in [-0.2, 0) is 0 Å². The van der Waals surface area contributed by atoms with Gasteiger partial charge in [0, 0.05) is 23.5 Å². The van der Waals surface area contributed by atoms with Gasteiger partial charge in [0.2, 0.25) is 0 Å². The molecule has 2 atom stereocenters. The van der Waals surface area contributed by atoms with Gasteiger partial charge in [-0.05, 0) is 56.8 Å². The Hall–Kier alpha value is -0.510. The number of benzene rings is 1. The molecular formula is C16H26N2S.